The van der Waals surface area contributed by atoms with Crippen LogP contribution in [0.5, 0.6) is 0 Å². The summed E-state index contributed by atoms with van der Waals surface area (Å²) in [6.07, 6.45) is 14.1. The minimum absolute atomic E-state index is 0.108. The second-order valence-electron chi connectivity index (χ2n) is 15.4. The number of carbonyl (C=O) groups is 1. The summed E-state index contributed by atoms with van der Waals surface area (Å²) in [7, 11) is -3.68. The van der Waals surface area contributed by atoms with Crippen molar-refractivity contribution in [2.45, 2.75) is 116 Å². The minimum Gasteiger partial charge on any atom is -0.413 e. The topological polar surface area (TPSA) is 35.5 Å². The van der Waals surface area contributed by atoms with E-state index in [-0.39, 0.29) is 21.9 Å². The maximum absolute atomic E-state index is 14.5. The second kappa shape index (κ2) is 14.8. The fraction of sp³-hybridized carbons (Fsp3) is 0.553. The molecule has 236 valence electrons. The molecule has 0 unspecified atom stereocenters. The zero-order valence-corrected chi connectivity index (χ0v) is 30.8. The molecule has 1 aliphatic carbocycles. The van der Waals surface area contributed by atoms with E-state index in [9.17, 15) is 4.79 Å². The number of benzene rings is 2. The number of hydrogen-bond donors (Lipinski definition) is 0. The Kier molecular flexibility index (Phi) is 12.2. The van der Waals surface area contributed by atoms with Crippen LogP contribution < -0.4 is 0 Å². The van der Waals surface area contributed by atoms with Crippen molar-refractivity contribution in [1.82, 2.24) is 0 Å². The third-order valence-electron chi connectivity index (χ3n) is 10.2. The average Bonchev–Trinajstić information content (AvgIpc) is 2.94. The Morgan fingerprint density at radius 1 is 0.721 bits per heavy atom. The Bertz CT molecular complexity index is 1170. The van der Waals surface area contributed by atoms with Crippen LogP contribution in [0.1, 0.15) is 102 Å². The number of hydrogen-bond acceptors (Lipinski definition) is 3. The first-order valence-corrected chi connectivity index (χ1v) is 22.2. The summed E-state index contributed by atoms with van der Waals surface area (Å²) in [6, 6.07) is 16.9. The van der Waals surface area contributed by atoms with Crippen LogP contribution in [-0.4, -0.2) is 35.6 Å². The van der Waals surface area contributed by atoms with Gasteiger partial charge in [0.2, 0.25) is 0 Å². The molecule has 0 atom stereocenters. The summed E-state index contributed by atoms with van der Waals surface area (Å²) < 4.78 is 12.9. The smallest absolute Gasteiger partial charge is 0.192 e. The lowest BCUT2D eigenvalue weighted by Gasteiger charge is -2.35. The van der Waals surface area contributed by atoms with E-state index in [1.54, 1.807) is 0 Å². The Hall–Kier alpha value is -2.06. The lowest BCUT2D eigenvalue weighted by molar-refractivity contribution is -0.124. The molecule has 2 aromatic rings. The lowest BCUT2D eigenvalue weighted by atomic mass is 9.75. The lowest BCUT2D eigenvalue weighted by Crippen LogP contribution is -2.40. The number of rotatable bonds is 12. The van der Waals surface area contributed by atoms with Crippen molar-refractivity contribution in [3.8, 4) is 0 Å². The van der Waals surface area contributed by atoms with Gasteiger partial charge in [-0.05, 0) is 71.4 Å². The number of carbonyl (C=O) groups excluding carboxylic acids is 1. The molecule has 0 spiro atoms. The number of ketones is 1. The zero-order chi connectivity index (χ0) is 31.9. The molecule has 0 radical (unpaired) electrons. The number of Topliss-reactive ketones (excluding diaryl/α,β-unsaturated/α-hetero) is 1. The molecule has 0 heterocycles. The predicted octanol–water partition coefficient (Wildman–Crippen LogP) is 11.0. The second-order valence-corrected chi connectivity index (χ2v) is 25.0. The van der Waals surface area contributed by atoms with Gasteiger partial charge in [-0.2, -0.15) is 0 Å². The van der Waals surface area contributed by atoms with Gasteiger partial charge in [-0.3, -0.25) is 4.79 Å². The third kappa shape index (κ3) is 9.47. The standard InChI is InChI=1S/C38H58O3Si2/c1-37(2,3)42(7,8)40-28-18-24-30-20-14-16-26-33(30)35(36(39)32-22-12-11-13-23-32)34-27-17-15-21-31(34)25-19-29-41-43(9,10)38(4,5)6/h14-21,24-27,32,35H,11-13,22-23,28-29H2,1-10H3/b24-18+,25-19+. The van der Waals surface area contributed by atoms with Crippen molar-refractivity contribution in [2.24, 2.45) is 5.92 Å². The molecule has 43 heavy (non-hydrogen) atoms. The molecule has 5 heteroatoms. The molecule has 0 aliphatic heterocycles. The molecule has 3 rings (SSSR count). The Morgan fingerprint density at radius 3 is 1.51 bits per heavy atom. The van der Waals surface area contributed by atoms with E-state index >= 15 is 0 Å². The molecular weight excluding hydrogens is 561 g/mol. The van der Waals surface area contributed by atoms with E-state index < -0.39 is 16.6 Å². The highest BCUT2D eigenvalue weighted by Crippen LogP contribution is 2.39. The van der Waals surface area contributed by atoms with Gasteiger partial charge in [-0.15, -0.1) is 0 Å². The van der Waals surface area contributed by atoms with Gasteiger partial charge in [0.15, 0.2) is 16.6 Å². The van der Waals surface area contributed by atoms with Crippen LogP contribution in [0.4, 0.5) is 0 Å². The van der Waals surface area contributed by atoms with E-state index in [0.29, 0.717) is 19.0 Å². The Balaban J connectivity index is 1.97. The van der Waals surface area contributed by atoms with Gasteiger partial charge in [-0.25, -0.2) is 0 Å². The average molecular weight is 619 g/mol. The van der Waals surface area contributed by atoms with Gasteiger partial charge in [-0.1, -0.05) is 134 Å². The maximum atomic E-state index is 14.5. The van der Waals surface area contributed by atoms with Crippen LogP contribution in [0.3, 0.4) is 0 Å². The summed E-state index contributed by atoms with van der Waals surface area (Å²) >= 11 is 0. The Labute approximate surface area is 265 Å². The summed E-state index contributed by atoms with van der Waals surface area (Å²) in [5.41, 5.74) is 4.35. The summed E-state index contributed by atoms with van der Waals surface area (Å²) in [5.74, 6) is 0.153. The largest absolute Gasteiger partial charge is 0.413 e. The van der Waals surface area contributed by atoms with Gasteiger partial charge in [0, 0.05) is 5.92 Å². The molecule has 1 aliphatic rings. The van der Waals surface area contributed by atoms with E-state index in [1.165, 1.54) is 6.42 Å². The van der Waals surface area contributed by atoms with Crippen molar-refractivity contribution in [1.29, 1.82) is 0 Å². The molecule has 0 saturated heterocycles. The quantitative estimate of drug-likeness (QED) is 0.222. The van der Waals surface area contributed by atoms with Crippen molar-refractivity contribution >= 4 is 34.6 Å². The van der Waals surface area contributed by atoms with Crippen LogP contribution in [-0.2, 0) is 13.6 Å². The SMILES string of the molecule is CC(C)(C)[Si](C)(C)OC/C=C/c1ccccc1C(C(=O)C1CCCCC1)c1ccccc1/C=C/CO[Si](C)(C)C(C)(C)C. The molecule has 0 bridgehead atoms. The van der Waals surface area contributed by atoms with Crippen molar-refractivity contribution < 1.29 is 13.6 Å². The minimum atomic E-state index is -1.84. The normalized spacial score (nSPS) is 16.1. The highest BCUT2D eigenvalue weighted by atomic mass is 28.4. The summed E-state index contributed by atoms with van der Waals surface area (Å²) in [4.78, 5) is 14.5. The highest BCUT2D eigenvalue weighted by molar-refractivity contribution is 6.74. The molecule has 2 aromatic carbocycles. The third-order valence-corrected chi connectivity index (χ3v) is 19.2. The van der Waals surface area contributed by atoms with Crippen LogP contribution >= 0.6 is 0 Å². The predicted molar refractivity (Wildman–Crippen MR) is 191 cm³/mol. The van der Waals surface area contributed by atoms with E-state index in [1.807, 2.05) is 0 Å². The highest BCUT2D eigenvalue weighted by Gasteiger charge is 2.38. The van der Waals surface area contributed by atoms with Crippen LogP contribution in [0.2, 0.25) is 36.3 Å². The van der Waals surface area contributed by atoms with Crippen molar-refractivity contribution in [3.05, 3.63) is 82.9 Å². The summed E-state index contributed by atoms with van der Waals surface area (Å²) in [6.45, 7) is 23.9. The molecule has 3 nitrogen and oxygen atoms in total. The van der Waals surface area contributed by atoms with Crippen molar-refractivity contribution in [2.75, 3.05) is 13.2 Å². The first kappa shape index (κ1) is 35.4. The fourth-order valence-electron chi connectivity index (χ4n) is 5.24. The van der Waals surface area contributed by atoms with E-state index in [0.717, 1.165) is 47.9 Å². The monoisotopic (exact) mass is 618 g/mol. The molecule has 1 fully saturated rings. The van der Waals surface area contributed by atoms with Crippen molar-refractivity contribution in [3.63, 3.8) is 0 Å². The van der Waals surface area contributed by atoms with Crippen LogP contribution in [0, 0.1) is 5.92 Å². The molecule has 0 N–H and O–H groups in total. The van der Waals surface area contributed by atoms with Gasteiger partial charge >= 0.3 is 0 Å². The molecule has 0 aromatic heterocycles. The maximum Gasteiger partial charge on any atom is 0.192 e. The molecule has 0 amide bonds. The van der Waals surface area contributed by atoms with Gasteiger partial charge in [0.1, 0.15) is 5.78 Å². The Morgan fingerprint density at radius 2 is 1.12 bits per heavy atom. The van der Waals surface area contributed by atoms with Gasteiger partial charge in [0.05, 0.1) is 19.1 Å². The summed E-state index contributed by atoms with van der Waals surface area (Å²) in [5, 5.41) is 0.340. The van der Waals surface area contributed by atoms with E-state index in [4.69, 9.17) is 8.85 Å². The molecule has 1 saturated carbocycles. The van der Waals surface area contributed by atoms with Crippen LogP contribution in [0.25, 0.3) is 12.2 Å². The zero-order valence-electron chi connectivity index (χ0n) is 28.8. The van der Waals surface area contributed by atoms with Gasteiger partial charge in [0.25, 0.3) is 0 Å². The van der Waals surface area contributed by atoms with E-state index in [2.05, 4.69) is 141 Å². The van der Waals surface area contributed by atoms with Gasteiger partial charge < -0.3 is 8.85 Å². The molecular formula is C38H58O3Si2. The van der Waals surface area contributed by atoms with Crippen LogP contribution in [0.15, 0.2) is 60.7 Å². The fourth-order valence-corrected chi connectivity index (χ4v) is 7.14. The first-order valence-electron chi connectivity index (χ1n) is 16.4. The first-order chi connectivity index (χ1) is 20.1.